The van der Waals surface area contributed by atoms with E-state index in [2.05, 4.69) is 50.2 Å². The average Bonchev–Trinajstić information content (AvgIpc) is 3.25. The second-order valence-corrected chi connectivity index (χ2v) is 7.57. The van der Waals surface area contributed by atoms with E-state index in [1.165, 1.54) is 16.5 Å². The summed E-state index contributed by atoms with van der Waals surface area (Å²) in [6, 6.07) is 16.7. The smallest absolute Gasteiger partial charge is 0.227 e. The van der Waals surface area contributed by atoms with Crippen LogP contribution in [-0.4, -0.2) is 28.4 Å². The van der Waals surface area contributed by atoms with Crippen LogP contribution in [0.4, 0.5) is 0 Å². The number of carbonyl (C=O) groups excluding carboxylic acids is 1. The number of nitrogens with zero attached hydrogens (tertiary/aromatic N) is 1. The van der Waals surface area contributed by atoms with Crippen LogP contribution in [0.1, 0.15) is 24.0 Å². The van der Waals surface area contributed by atoms with E-state index < -0.39 is 0 Å². The van der Waals surface area contributed by atoms with Gasteiger partial charge in [-0.1, -0.05) is 52.3 Å². The van der Waals surface area contributed by atoms with Crippen molar-refractivity contribution in [1.29, 1.82) is 0 Å². The fourth-order valence-corrected chi connectivity index (χ4v) is 4.26. The number of H-pyrrole nitrogens is 1. The van der Waals surface area contributed by atoms with Gasteiger partial charge < -0.3 is 9.88 Å². The SMILES string of the molecule is O=C(Cc1ccccc1Br)N1CCCC1Cc1c[nH]c2ccccc12. The van der Waals surface area contributed by atoms with E-state index in [-0.39, 0.29) is 5.91 Å². The average molecular weight is 397 g/mol. The molecule has 1 aromatic heterocycles. The summed E-state index contributed by atoms with van der Waals surface area (Å²) in [5.74, 6) is 0.231. The maximum Gasteiger partial charge on any atom is 0.227 e. The number of aromatic amines is 1. The first-order valence-corrected chi connectivity index (χ1v) is 9.59. The summed E-state index contributed by atoms with van der Waals surface area (Å²) in [6.45, 7) is 0.871. The second-order valence-electron chi connectivity index (χ2n) is 6.71. The van der Waals surface area contributed by atoms with E-state index >= 15 is 0 Å². The Balaban J connectivity index is 1.50. The van der Waals surface area contributed by atoms with E-state index in [0.29, 0.717) is 12.5 Å². The highest BCUT2D eigenvalue weighted by molar-refractivity contribution is 9.10. The molecule has 1 amide bonds. The van der Waals surface area contributed by atoms with Crippen molar-refractivity contribution in [3.63, 3.8) is 0 Å². The zero-order chi connectivity index (χ0) is 17.2. The van der Waals surface area contributed by atoms with Gasteiger partial charge in [0, 0.05) is 34.2 Å². The van der Waals surface area contributed by atoms with Crippen molar-refractivity contribution >= 4 is 32.7 Å². The zero-order valence-electron chi connectivity index (χ0n) is 14.0. The van der Waals surface area contributed by atoms with Gasteiger partial charge in [0.1, 0.15) is 0 Å². The molecule has 1 aliphatic heterocycles. The molecule has 0 saturated carbocycles. The molecular weight excluding hydrogens is 376 g/mol. The fraction of sp³-hybridized carbons (Fsp3) is 0.286. The normalized spacial score (nSPS) is 17.3. The van der Waals surface area contributed by atoms with Crippen LogP contribution in [0.2, 0.25) is 0 Å². The Hall–Kier alpha value is -2.07. The second kappa shape index (κ2) is 7.04. The molecule has 4 rings (SSSR count). The first-order chi connectivity index (χ1) is 12.2. The van der Waals surface area contributed by atoms with E-state index in [0.717, 1.165) is 35.8 Å². The summed E-state index contributed by atoms with van der Waals surface area (Å²) < 4.78 is 1.01. The molecule has 128 valence electrons. The number of amides is 1. The largest absolute Gasteiger partial charge is 0.361 e. The van der Waals surface area contributed by atoms with Crippen molar-refractivity contribution in [1.82, 2.24) is 9.88 Å². The minimum Gasteiger partial charge on any atom is -0.361 e. The standard InChI is InChI=1S/C21H21BrN2O/c22-19-9-3-1-6-15(19)13-21(25)24-11-5-7-17(24)12-16-14-23-20-10-4-2-8-18(16)20/h1-4,6,8-10,14,17,23H,5,7,11-13H2. The number of benzene rings is 2. The highest BCUT2D eigenvalue weighted by Crippen LogP contribution is 2.27. The summed E-state index contributed by atoms with van der Waals surface area (Å²) in [4.78, 5) is 18.3. The minimum atomic E-state index is 0.231. The minimum absolute atomic E-state index is 0.231. The zero-order valence-corrected chi connectivity index (χ0v) is 15.6. The van der Waals surface area contributed by atoms with Gasteiger partial charge >= 0.3 is 0 Å². The number of hydrogen-bond acceptors (Lipinski definition) is 1. The molecule has 0 radical (unpaired) electrons. The molecule has 0 spiro atoms. The maximum atomic E-state index is 12.9. The van der Waals surface area contributed by atoms with Gasteiger partial charge in [-0.15, -0.1) is 0 Å². The lowest BCUT2D eigenvalue weighted by Gasteiger charge is -2.25. The molecule has 25 heavy (non-hydrogen) atoms. The molecule has 1 N–H and O–H groups in total. The Kier molecular flexibility index (Phi) is 4.62. The molecule has 0 aliphatic carbocycles. The maximum absolute atomic E-state index is 12.9. The van der Waals surface area contributed by atoms with Gasteiger partial charge in [-0.25, -0.2) is 0 Å². The van der Waals surface area contributed by atoms with E-state index in [9.17, 15) is 4.79 Å². The number of hydrogen-bond donors (Lipinski definition) is 1. The van der Waals surface area contributed by atoms with Crippen molar-refractivity contribution in [2.24, 2.45) is 0 Å². The summed E-state index contributed by atoms with van der Waals surface area (Å²) >= 11 is 3.55. The molecule has 1 aliphatic rings. The third-order valence-corrected chi connectivity index (χ3v) is 5.90. The number of rotatable bonds is 4. The van der Waals surface area contributed by atoms with Crippen molar-refractivity contribution in [3.05, 3.63) is 70.3 Å². The topological polar surface area (TPSA) is 36.1 Å². The number of carbonyl (C=O) groups is 1. The predicted octanol–water partition coefficient (Wildman–Crippen LogP) is 4.71. The van der Waals surface area contributed by atoms with Crippen LogP contribution >= 0.6 is 15.9 Å². The molecule has 3 aromatic rings. The Labute approximate surface area is 156 Å². The molecule has 1 unspecified atom stereocenters. The molecule has 3 nitrogen and oxygen atoms in total. The lowest BCUT2D eigenvalue weighted by Crippen LogP contribution is -2.37. The molecule has 1 fully saturated rings. The first-order valence-electron chi connectivity index (χ1n) is 8.80. The van der Waals surface area contributed by atoms with Crippen LogP contribution < -0.4 is 0 Å². The van der Waals surface area contributed by atoms with Gasteiger partial charge in [-0.05, 0) is 42.5 Å². The van der Waals surface area contributed by atoms with Gasteiger partial charge in [-0.2, -0.15) is 0 Å². The summed E-state index contributed by atoms with van der Waals surface area (Å²) in [5, 5.41) is 1.27. The Morgan fingerprint density at radius 3 is 2.80 bits per heavy atom. The molecule has 1 atom stereocenters. The summed E-state index contributed by atoms with van der Waals surface area (Å²) in [6.07, 6.45) is 5.66. The van der Waals surface area contributed by atoms with Crippen LogP contribution in [0, 0.1) is 0 Å². The number of fused-ring (bicyclic) bond motifs is 1. The third-order valence-electron chi connectivity index (χ3n) is 5.13. The lowest BCUT2D eigenvalue weighted by atomic mass is 10.0. The van der Waals surface area contributed by atoms with E-state index in [1.807, 2.05) is 30.3 Å². The van der Waals surface area contributed by atoms with Crippen molar-refractivity contribution in [3.8, 4) is 0 Å². The van der Waals surface area contributed by atoms with E-state index in [1.54, 1.807) is 0 Å². The van der Waals surface area contributed by atoms with Gasteiger partial charge in [0.2, 0.25) is 5.91 Å². The Morgan fingerprint density at radius 2 is 1.92 bits per heavy atom. The first kappa shape index (κ1) is 16.4. The molecular formula is C21H21BrN2O. The summed E-state index contributed by atoms with van der Waals surface area (Å²) in [7, 11) is 0. The Bertz CT molecular complexity index is 902. The fourth-order valence-electron chi connectivity index (χ4n) is 3.84. The van der Waals surface area contributed by atoms with Gasteiger partial charge in [0.25, 0.3) is 0 Å². The lowest BCUT2D eigenvalue weighted by molar-refractivity contribution is -0.131. The molecule has 2 aromatic carbocycles. The van der Waals surface area contributed by atoms with Crippen LogP contribution in [0.3, 0.4) is 0 Å². The quantitative estimate of drug-likeness (QED) is 0.680. The third kappa shape index (κ3) is 3.36. The number of aromatic nitrogens is 1. The monoisotopic (exact) mass is 396 g/mol. The van der Waals surface area contributed by atoms with Crippen molar-refractivity contribution < 1.29 is 4.79 Å². The number of likely N-dealkylation sites (tertiary alicyclic amines) is 1. The molecule has 0 bridgehead atoms. The highest BCUT2D eigenvalue weighted by Gasteiger charge is 2.29. The predicted molar refractivity (Wildman–Crippen MR) is 105 cm³/mol. The molecule has 1 saturated heterocycles. The molecule has 4 heteroatoms. The number of para-hydroxylation sites is 1. The van der Waals surface area contributed by atoms with Gasteiger partial charge in [0.05, 0.1) is 6.42 Å². The molecule has 2 heterocycles. The van der Waals surface area contributed by atoms with Crippen LogP contribution in [0.25, 0.3) is 10.9 Å². The van der Waals surface area contributed by atoms with Crippen LogP contribution in [0.5, 0.6) is 0 Å². The van der Waals surface area contributed by atoms with Crippen LogP contribution in [-0.2, 0) is 17.6 Å². The van der Waals surface area contributed by atoms with E-state index in [4.69, 9.17) is 0 Å². The Morgan fingerprint density at radius 1 is 1.12 bits per heavy atom. The van der Waals surface area contributed by atoms with Crippen LogP contribution in [0.15, 0.2) is 59.2 Å². The number of halogens is 1. The van der Waals surface area contributed by atoms with Crippen molar-refractivity contribution in [2.75, 3.05) is 6.54 Å². The van der Waals surface area contributed by atoms with Gasteiger partial charge in [-0.3, -0.25) is 4.79 Å². The van der Waals surface area contributed by atoms with Crippen molar-refractivity contribution in [2.45, 2.75) is 31.7 Å². The summed E-state index contributed by atoms with van der Waals surface area (Å²) in [5.41, 5.74) is 3.54. The number of nitrogens with one attached hydrogen (secondary N) is 1. The highest BCUT2D eigenvalue weighted by atomic mass is 79.9. The van der Waals surface area contributed by atoms with Gasteiger partial charge in [0.15, 0.2) is 0 Å².